The van der Waals surface area contributed by atoms with Crippen LogP contribution in [0.15, 0.2) is 23.4 Å². The quantitative estimate of drug-likeness (QED) is 0.617. The molecule has 1 aromatic heterocycles. The topological polar surface area (TPSA) is 48.9 Å². The van der Waals surface area contributed by atoms with Gasteiger partial charge in [-0.15, -0.1) is 0 Å². The van der Waals surface area contributed by atoms with Crippen molar-refractivity contribution < 1.29 is 5.11 Å². The number of phenols is 1. The first-order valence-corrected chi connectivity index (χ1v) is 6.09. The minimum absolute atomic E-state index is 0.274. The zero-order chi connectivity index (χ0) is 10.7. The van der Waals surface area contributed by atoms with Gasteiger partial charge in [0.05, 0.1) is 11.0 Å². The second kappa shape index (κ2) is 4.57. The summed E-state index contributed by atoms with van der Waals surface area (Å²) in [5.41, 5.74) is 1.81. The van der Waals surface area contributed by atoms with E-state index in [2.05, 4.69) is 16.9 Å². The molecule has 0 spiro atoms. The van der Waals surface area contributed by atoms with Gasteiger partial charge >= 0.3 is 0 Å². The van der Waals surface area contributed by atoms with Crippen molar-refractivity contribution in [2.24, 2.45) is 0 Å². The van der Waals surface area contributed by atoms with Gasteiger partial charge in [-0.1, -0.05) is 25.1 Å². The van der Waals surface area contributed by atoms with E-state index in [1.165, 1.54) is 12.8 Å². The van der Waals surface area contributed by atoms with Crippen LogP contribution in [0.3, 0.4) is 0 Å². The van der Waals surface area contributed by atoms with Crippen molar-refractivity contribution in [3.63, 3.8) is 0 Å². The summed E-state index contributed by atoms with van der Waals surface area (Å²) in [4.78, 5) is 7.61. The van der Waals surface area contributed by atoms with Crippen molar-refractivity contribution >= 4 is 22.8 Å². The number of fused-ring (bicyclic) bond motifs is 1. The number of nitrogens with one attached hydrogen (secondary N) is 1. The van der Waals surface area contributed by atoms with E-state index in [4.69, 9.17) is 0 Å². The summed E-state index contributed by atoms with van der Waals surface area (Å²) in [7, 11) is 0. The summed E-state index contributed by atoms with van der Waals surface area (Å²) in [5.74, 6) is 1.36. The lowest BCUT2D eigenvalue weighted by atomic mass is 10.3. The molecule has 2 aromatic rings. The van der Waals surface area contributed by atoms with Gasteiger partial charge in [-0.3, -0.25) is 0 Å². The third-order valence-electron chi connectivity index (χ3n) is 2.18. The Bertz CT molecular complexity index is 453. The number of hydrogen-bond acceptors (Lipinski definition) is 3. The molecule has 0 bridgehead atoms. The van der Waals surface area contributed by atoms with Crippen LogP contribution < -0.4 is 0 Å². The van der Waals surface area contributed by atoms with Crippen LogP contribution >= 0.6 is 11.8 Å². The Morgan fingerprint density at radius 3 is 3.13 bits per heavy atom. The first-order chi connectivity index (χ1) is 7.29. The maximum Gasteiger partial charge on any atom is 0.166 e. The predicted octanol–water partition coefficient (Wildman–Crippen LogP) is 3.16. The number of nitrogens with zero attached hydrogens (tertiary/aromatic N) is 1. The minimum Gasteiger partial charge on any atom is -0.508 e. The Hall–Kier alpha value is -1.16. The first-order valence-electron chi connectivity index (χ1n) is 5.11. The molecular formula is C11H14N2OS. The van der Waals surface area contributed by atoms with Crippen LogP contribution in [0.1, 0.15) is 19.8 Å². The van der Waals surface area contributed by atoms with E-state index >= 15 is 0 Å². The fourth-order valence-electron chi connectivity index (χ4n) is 1.36. The number of imidazole rings is 1. The van der Waals surface area contributed by atoms with Crippen LogP contribution in [0.5, 0.6) is 5.75 Å². The van der Waals surface area contributed by atoms with Gasteiger partial charge in [0.1, 0.15) is 5.75 Å². The lowest BCUT2D eigenvalue weighted by Crippen LogP contribution is -1.79. The summed E-state index contributed by atoms with van der Waals surface area (Å²) in [6, 6.07) is 5.18. The number of aromatic nitrogens is 2. The third kappa shape index (κ3) is 2.45. The molecule has 0 fully saturated rings. The predicted molar refractivity (Wildman–Crippen MR) is 63.4 cm³/mol. The van der Waals surface area contributed by atoms with Gasteiger partial charge in [0, 0.05) is 11.8 Å². The number of aromatic amines is 1. The number of H-pyrrole nitrogens is 1. The van der Waals surface area contributed by atoms with Gasteiger partial charge in [-0.25, -0.2) is 4.98 Å². The summed E-state index contributed by atoms with van der Waals surface area (Å²) in [6.07, 6.45) is 2.40. The zero-order valence-electron chi connectivity index (χ0n) is 8.66. The molecule has 2 N–H and O–H groups in total. The van der Waals surface area contributed by atoms with E-state index in [0.717, 1.165) is 21.9 Å². The molecule has 0 radical (unpaired) electrons. The monoisotopic (exact) mass is 222 g/mol. The summed E-state index contributed by atoms with van der Waals surface area (Å²) in [6.45, 7) is 2.18. The Morgan fingerprint density at radius 1 is 1.47 bits per heavy atom. The molecule has 4 heteroatoms. The third-order valence-corrected chi connectivity index (χ3v) is 3.14. The van der Waals surface area contributed by atoms with Gasteiger partial charge in [0.15, 0.2) is 5.16 Å². The fourth-order valence-corrected chi connectivity index (χ4v) is 2.33. The minimum atomic E-state index is 0.274. The Morgan fingerprint density at radius 2 is 2.33 bits per heavy atom. The van der Waals surface area contributed by atoms with Crippen LogP contribution in [0.25, 0.3) is 11.0 Å². The van der Waals surface area contributed by atoms with Crippen molar-refractivity contribution in [1.82, 2.24) is 9.97 Å². The molecule has 80 valence electrons. The Balaban J connectivity index is 2.16. The molecule has 1 aromatic carbocycles. The lowest BCUT2D eigenvalue weighted by molar-refractivity contribution is 0.476. The molecule has 0 saturated heterocycles. The van der Waals surface area contributed by atoms with Gasteiger partial charge in [-0.2, -0.15) is 0 Å². The highest BCUT2D eigenvalue weighted by Gasteiger charge is 2.03. The molecule has 0 aliphatic rings. The van der Waals surface area contributed by atoms with Crippen LogP contribution in [0, 0.1) is 0 Å². The summed E-state index contributed by atoms with van der Waals surface area (Å²) in [5, 5.41) is 10.2. The molecule has 0 aliphatic heterocycles. The van der Waals surface area contributed by atoms with Crippen LogP contribution in [-0.4, -0.2) is 20.8 Å². The SMILES string of the molecule is CCCCSc1nc2ccc(O)cc2[nH]1. The molecule has 3 nitrogen and oxygen atoms in total. The molecule has 2 rings (SSSR count). The van der Waals surface area contributed by atoms with E-state index < -0.39 is 0 Å². The van der Waals surface area contributed by atoms with Crippen molar-refractivity contribution in [2.45, 2.75) is 24.9 Å². The van der Waals surface area contributed by atoms with Gasteiger partial charge in [-0.05, 0) is 18.6 Å². The number of rotatable bonds is 4. The number of unbranched alkanes of at least 4 members (excludes halogenated alkanes) is 1. The fraction of sp³-hybridized carbons (Fsp3) is 0.364. The van der Waals surface area contributed by atoms with E-state index in [1.807, 2.05) is 6.07 Å². The van der Waals surface area contributed by atoms with Crippen molar-refractivity contribution in [2.75, 3.05) is 5.75 Å². The molecule has 0 amide bonds. The molecule has 0 unspecified atom stereocenters. The largest absolute Gasteiger partial charge is 0.508 e. The molecule has 0 atom stereocenters. The average Bonchev–Trinajstić information content (AvgIpc) is 2.60. The zero-order valence-corrected chi connectivity index (χ0v) is 9.47. The van der Waals surface area contributed by atoms with Crippen molar-refractivity contribution in [3.05, 3.63) is 18.2 Å². The number of phenolic OH excluding ortho intramolecular Hbond substituents is 1. The number of hydrogen-bond donors (Lipinski definition) is 2. The van der Waals surface area contributed by atoms with E-state index in [1.54, 1.807) is 23.9 Å². The van der Waals surface area contributed by atoms with Crippen molar-refractivity contribution in [1.29, 1.82) is 0 Å². The van der Waals surface area contributed by atoms with E-state index in [0.29, 0.717) is 0 Å². The van der Waals surface area contributed by atoms with Crippen LogP contribution in [0.2, 0.25) is 0 Å². The molecule has 15 heavy (non-hydrogen) atoms. The standard InChI is InChI=1S/C11H14N2OS/c1-2-3-6-15-11-12-9-5-4-8(14)7-10(9)13-11/h4-5,7,14H,2-3,6H2,1H3,(H,12,13). The van der Waals surface area contributed by atoms with Crippen molar-refractivity contribution in [3.8, 4) is 5.75 Å². The smallest absolute Gasteiger partial charge is 0.166 e. The molecule has 0 aliphatic carbocycles. The van der Waals surface area contributed by atoms with Gasteiger partial charge in [0.2, 0.25) is 0 Å². The average molecular weight is 222 g/mol. The molecule has 1 heterocycles. The lowest BCUT2D eigenvalue weighted by Gasteiger charge is -1.93. The van der Waals surface area contributed by atoms with Gasteiger partial charge in [0.25, 0.3) is 0 Å². The number of aromatic hydroxyl groups is 1. The number of thioether (sulfide) groups is 1. The normalized spacial score (nSPS) is 11.0. The summed E-state index contributed by atoms with van der Waals surface area (Å²) >= 11 is 1.73. The van der Waals surface area contributed by atoms with Crippen LogP contribution in [0.4, 0.5) is 0 Å². The molecule has 0 saturated carbocycles. The highest BCUT2D eigenvalue weighted by atomic mass is 32.2. The second-order valence-corrected chi connectivity index (χ2v) is 4.53. The van der Waals surface area contributed by atoms with Crippen LogP contribution in [-0.2, 0) is 0 Å². The number of benzene rings is 1. The Labute approximate surface area is 92.9 Å². The second-order valence-electron chi connectivity index (χ2n) is 3.45. The highest BCUT2D eigenvalue weighted by Crippen LogP contribution is 2.22. The first kappa shape index (κ1) is 10.4. The molecular weight excluding hydrogens is 208 g/mol. The highest BCUT2D eigenvalue weighted by molar-refractivity contribution is 7.99. The summed E-state index contributed by atoms with van der Waals surface area (Å²) < 4.78 is 0. The maximum atomic E-state index is 9.30. The maximum absolute atomic E-state index is 9.30. The van der Waals surface area contributed by atoms with E-state index in [9.17, 15) is 5.11 Å². The Kier molecular flexibility index (Phi) is 3.16. The van der Waals surface area contributed by atoms with Gasteiger partial charge < -0.3 is 10.1 Å². The van der Waals surface area contributed by atoms with E-state index in [-0.39, 0.29) is 5.75 Å².